The SMILES string of the molecule is C[C@H]1CC[C@@]2(C)[C@H](C1)C(=O)C[C@H]1[C@H]3CC[C@@H]4[C@H](CN5C[C@@H](C)CC[C@@H]5[C@@]4(C)O)[C@@H]3C[C@H]12. The minimum Gasteiger partial charge on any atom is -0.388 e. The number of fused-ring (bicyclic) bond motifs is 8. The molecule has 6 aliphatic rings. The molecule has 6 fully saturated rings. The van der Waals surface area contributed by atoms with E-state index in [1.807, 2.05) is 0 Å². The molecule has 2 saturated heterocycles. The molecule has 12 atom stereocenters. The average Bonchev–Trinajstić information content (AvgIpc) is 3.09. The summed E-state index contributed by atoms with van der Waals surface area (Å²) in [6.45, 7) is 11.8. The van der Waals surface area contributed by atoms with E-state index in [0.29, 0.717) is 35.5 Å². The first-order chi connectivity index (χ1) is 14.7. The third kappa shape index (κ3) is 2.94. The van der Waals surface area contributed by atoms with Crippen molar-refractivity contribution in [3.63, 3.8) is 0 Å². The predicted octanol–water partition coefficient (Wildman–Crippen LogP) is 5.16. The first-order valence-corrected chi connectivity index (χ1v) is 13.7. The number of piperidine rings is 2. The second-order valence-corrected chi connectivity index (χ2v) is 13.7. The van der Waals surface area contributed by atoms with Crippen molar-refractivity contribution >= 4 is 5.78 Å². The van der Waals surface area contributed by atoms with Gasteiger partial charge in [-0.25, -0.2) is 0 Å². The molecule has 3 heteroatoms. The maximum absolute atomic E-state index is 13.4. The molecule has 0 aromatic rings. The van der Waals surface area contributed by atoms with Crippen LogP contribution in [-0.4, -0.2) is 40.5 Å². The number of rotatable bonds is 0. The fourth-order valence-corrected chi connectivity index (χ4v) is 10.6. The highest BCUT2D eigenvalue weighted by Gasteiger charge is 2.64. The van der Waals surface area contributed by atoms with Crippen LogP contribution in [0.15, 0.2) is 0 Å². The quantitative estimate of drug-likeness (QED) is 0.580. The number of ketones is 1. The van der Waals surface area contributed by atoms with Crippen molar-refractivity contribution in [2.24, 2.45) is 58.7 Å². The monoisotopic (exact) mass is 427 g/mol. The molecule has 0 aromatic heterocycles. The van der Waals surface area contributed by atoms with E-state index in [0.717, 1.165) is 42.4 Å². The molecule has 0 bridgehead atoms. The fraction of sp³-hybridized carbons (Fsp3) is 0.964. The molecular formula is C28H45NO2. The van der Waals surface area contributed by atoms with Crippen LogP contribution < -0.4 is 0 Å². The Morgan fingerprint density at radius 2 is 1.65 bits per heavy atom. The van der Waals surface area contributed by atoms with E-state index in [9.17, 15) is 9.90 Å². The Kier molecular flexibility index (Phi) is 4.81. The molecule has 2 heterocycles. The lowest BCUT2D eigenvalue weighted by Crippen LogP contribution is -2.67. The maximum Gasteiger partial charge on any atom is 0.136 e. The molecule has 1 N–H and O–H groups in total. The molecule has 0 amide bonds. The van der Waals surface area contributed by atoms with Crippen molar-refractivity contribution in [2.75, 3.05) is 13.1 Å². The smallest absolute Gasteiger partial charge is 0.136 e. The van der Waals surface area contributed by atoms with Gasteiger partial charge in [0.05, 0.1) is 5.60 Å². The van der Waals surface area contributed by atoms with Gasteiger partial charge in [0.15, 0.2) is 0 Å². The Hall–Kier alpha value is -0.410. The lowest BCUT2D eigenvalue weighted by Gasteiger charge is -2.59. The van der Waals surface area contributed by atoms with Crippen LogP contribution >= 0.6 is 0 Å². The van der Waals surface area contributed by atoms with E-state index < -0.39 is 5.60 Å². The molecule has 0 spiro atoms. The van der Waals surface area contributed by atoms with Gasteiger partial charge < -0.3 is 5.11 Å². The summed E-state index contributed by atoms with van der Waals surface area (Å²) in [5.41, 5.74) is -0.289. The summed E-state index contributed by atoms with van der Waals surface area (Å²) in [6, 6.07) is 0.369. The highest BCUT2D eigenvalue weighted by molar-refractivity contribution is 5.83. The summed E-state index contributed by atoms with van der Waals surface area (Å²) >= 11 is 0. The molecular weight excluding hydrogens is 382 g/mol. The highest BCUT2D eigenvalue weighted by atomic mass is 16.3. The number of carbonyl (C=O) groups is 1. The number of nitrogens with zero attached hydrogens (tertiary/aromatic N) is 1. The van der Waals surface area contributed by atoms with Gasteiger partial charge in [-0.2, -0.15) is 0 Å². The number of Topliss-reactive ketones (excluding diaryl/α,β-unsaturated/α-hetero) is 1. The van der Waals surface area contributed by atoms with Crippen LogP contribution in [-0.2, 0) is 4.79 Å². The standard InChI is InChI=1S/C28H45NO2/c1-16-9-10-27(3)23-12-19-18(20(23)13-25(30)24(27)11-16)6-7-22-21(19)15-29-14-17(2)5-8-26(29)28(22,4)31/h16-24,26,31H,5-15H2,1-4H3/t16-,17-,18-,19+,20-,21+,22+,23+,24+,26+,27+,28-/m0/s1. The van der Waals surface area contributed by atoms with E-state index in [-0.39, 0.29) is 5.41 Å². The van der Waals surface area contributed by atoms with Crippen molar-refractivity contribution in [2.45, 2.75) is 97.1 Å². The molecule has 6 rings (SSSR count). The van der Waals surface area contributed by atoms with Gasteiger partial charge in [-0.1, -0.05) is 27.2 Å². The second kappa shape index (κ2) is 7.05. The maximum atomic E-state index is 13.4. The number of hydrogen-bond donors (Lipinski definition) is 1. The zero-order chi connectivity index (χ0) is 21.7. The molecule has 0 unspecified atom stereocenters. The number of aliphatic hydroxyl groups is 1. The van der Waals surface area contributed by atoms with Gasteiger partial charge in [0.1, 0.15) is 5.78 Å². The minimum atomic E-state index is -0.537. The van der Waals surface area contributed by atoms with E-state index in [1.54, 1.807) is 0 Å². The Morgan fingerprint density at radius 3 is 2.45 bits per heavy atom. The predicted molar refractivity (Wildman–Crippen MR) is 123 cm³/mol. The van der Waals surface area contributed by atoms with Gasteiger partial charge in [-0.3, -0.25) is 9.69 Å². The van der Waals surface area contributed by atoms with Gasteiger partial charge in [-0.05, 0) is 105 Å². The van der Waals surface area contributed by atoms with Crippen molar-refractivity contribution < 1.29 is 9.90 Å². The summed E-state index contributed by atoms with van der Waals surface area (Å²) in [5, 5.41) is 11.8. The van der Waals surface area contributed by atoms with E-state index in [1.165, 1.54) is 58.0 Å². The lowest BCUT2D eigenvalue weighted by molar-refractivity contribution is -0.175. The Balaban J connectivity index is 1.31. The summed E-state index contributed by atoms with van der Waals surface area (Å²) in [6.07, 6.45) is 10.8. The molecule has 0 aromatic carbocycles. The molecule has 3 nitrogen and oxygen atoms in total. The van der Waals surface area contributed by atoms with E-state index >= 15 is 0 Å². The molecule has 174 valence electrons. The van der Waals surface area contributed by atoms with Gasteiger partial charge in [0.2, 0.25) is 0 Å². The van der Waals surface area contributed by atoms with Crippen molar-refractivity contribution in [3.05, 3.63) is 0 Å². The van der Waals surface area contributed by atoms with Crippen molar-refractivity contribution in [1.29, 1.82) is 0 Å². The van der Waals surface area contributed by atoms with Crippen LogP contribution in [0.25, 0.3) is 0 Å². The highest BCUT2D eigenvalue weighted by Crippen LogP contribution is 2.67. The Morgan fingerprint density at radius 1 is 0.839 bits per heavy atom. The van der Waals surface area contributed by atoms with Crippen LogP contribution in [0.1, 0.15) is 85.5 Å². The third-order valence-electron chi connectivity index (χ3n) is 12.1. The summed E-state index contributed by atoms with van der Waals surface area (Å²) in [4.78, 5) is 16.1. The summed E-state index contributed by atoms with van der Waals surface area (Å²) in [7, 11) is 0. The van der Waals surface area contributed by atoms with E-state index in [4.69, 9.17) is 0 Å². The largest absolute Gasteiger partial charge is 0.388 e. The van der Waals surface area contributed by atoms with Crippen LogP contribution in [0.2, 0.25) is 0 Å². The van der Waals surface area contributed by atoms with Gasteiger partial charge in [-0.15, -0.1) is 0 Å². The fourth-order valence-electron chi connectivity index (χ4n) is 10.6. The van der Waals surface area contributed by atoms with Crippen molar-refractivity contribution in [3.8, 4) is 0 Å². The normalized spacial score (nSPS) is 59.2. The Bertz CT molecular complexity index is 747. The van der Waals surface area contributed by atoms with Gasteiger partial charge in [0.25, 0.3) is 0 Å². The number of hydrogen-bond acceptors (Lipinski definition) is 3. The van der Waals surface area contributed by atoms with Gasteiger partial charge in [0, 0.05) is 31.5 Å². The third-order valence-corrected chi connectivity index (χ3v) is 12.1. The first-order valence-electron chi connectivity index (χ1n) is 13.7. The van der Waals surface area contributed by atoms with E-state index in [2.05, 4.69) is 32.6 Å². The Labute approximate surface area is 189 Å². The minimum absolute atomic E-state index is 0.249. The van der Waals surface area contributed by atoms with Crippen molar-refractivity contribution in [1.82, 2.24) is 4.90 Å². The first kappa shape index (κ1) is 21.1. The zero-order valence-electron chi connectivity index (χ0n) is 20.4. The van der Waals surface area contributed by atoms with Crippen LogP contribution in [0.4, 0.5) is 0 Å². The van der Waals surface area contributed by atoms with Crippen LogP contribution in [0.3, 0.4) is 0 Å². The summed E-state index contributed by atoms with van der Waals surface area (Å²) < 4.78 is 0. The molecule has 4 aliphatic carbocycles. The molecule has 4 saturated carbocycles. The molecule has 31 heavy (non-hydrogen) atoms. The average molecular weight is 428 g/mol. The van der Waals surface area contributed by atoms with Crippen LogP contribution in [0.5, 0.6) is 0 Å². The zero-order valence-corrected chi connectivity index (χ0v) is 20.4. The van der Waals surface area contributed by atoms with Crippen LogP contribution in [0, 0.1) is 58.7 Å². The topological polar surface area (TPSA) is 40.5 Å². The number of carbonyl (C=O) groups excluding carboxylic acids is 1. The molecule has 0 radical (unpaired) electrons. The molecule has 2 aliphatic heterocycles. The lowest BCUT2D eigenvalue weighted by atomic mass is 9.51. The summed E-state index contributed by atoms with van der Waals surface area (Å²) in [5.74, 6) is 6.39. The second-order valence-electron chi connectivity index (χ2n) is 13.7. The van der Waals surface area contributed by atoms with Gasteiger partial charge >= 0.3 is 0 Å².